The second-order valence-electron chi connectivity index (χ2n) is 10.1. The fourth-order valence-corrected chi connectivity index (χ4v) is 3.32. The molecule has 0 radical (unpaired) electrons. The zero-order valence-corrected chi connectivity index (χ0v) is 23.1. The second-order valence-corrected chi connectivity index (χ2v) is 10.1. The smallest absolute Gasteiger partial charge is 0.312 e. The molecule has 1 heterocycles. The summed E-state index contributed by atoms with van der Waals surface area (Å²) in [4.78, 5) is 71.8. The number of rotatable bonds is 15. The number of hydrogen-bond donors (Lipinski definition) is 4. The van der Waals surface area contributed by atoms with Gasteiger partial charge in [0.1, 0.15) is 6.04 Å². The fraction of sp³-hybridized carbons (Fsp3) is 0.692. The van der Waals surface area contributed by atoms with Crippen LogP contribution < -0.4 is 21.7 Å². The third-order valence-corrected chi connectivity index (χ3v) is 5.23. The number of carbonyl (C=O) groups excluding carboxylic acids is 6. The van der Waals surface area contributed by atoms with Crippen LogP contribution in [0.25, 0.3) is 0 Å². The number of urea groups is 1. The first-order valence-electron chi connectivity index (χ1n) is 12.9. The maximum atomic E-state index is 12.7. The van der Waals surface area contributed by atoms with E-state index in [1.807, 2.05) is 0 Å². The number of amides is 6. The first kappa shape index (κ1) is 33.8. The molecule has 0 saturated heterocycles. The van der Waals surface area contributed by atoms with E-state index in [-0.39, 0.29) is 42.4 Å². The number of Topliss-reactive ketones (excluding diaryl/α,β-unsaturated/α-hetero) is 1. The van der Waals surface area contributed by atoms with E-state index in [0.717, 1.165) is 10.8 Å². The molecule has 2 atom stereocenters. The zero-order valence-electron chi connectivity index (χ0n) is 23.1. The zero-order chi connectivity index (χ0) is 28.5. The van der Waals surface area contributed by atoms with Gasteiger partial charge in [-0.1, -0.05) is 41.0 Å². The summed E-state index contributed by atoms with van der Waals surface area (Å²) in [5.41, 5.74) is 5.00. The Hall–Kier alpha value is -3.24. The Kier molecular flexibility index (Phi) is 16.5. The number of unbranched alkanes of at least 4 members (excludes halogenated alkanes) is 2. The number of nitrogens with zero attached hydrogens (tertiary/aromatic N) is 1. The van der Waals surface area contributed by atoms with Gasteiger partial charge in [0.05, 0.1) is 6.04 Å². The molecule has 5 N–H and O–H groups in total. The Morgan fingerprint density at radius 2 is 1.46 bits per heavy atom. The van der Waals surface area contributed by atoms with Gasteiger partial charge in [0, 0.05) is 31.7 Å². The summed E-state index contributed by atoms with van der Waals surface area (Å²) in [5.74, 6) is -0.962. The van der Waals surface area contributed by atoms with E-state index in [4.69, 9.17) is 5.73 Å². The molecule has 1 rings (SSSR count). The van der Waals surface area contributed by atoms with Crippen molar-refractivity contribution in [3.8, 4) is 0 Å². The largest absolute Gasteiger partial charge is 0.352 e. The number of nitrogens with one attached hydrogen (secondary N) is 3. The highest BCUT2D eigenvalue weighted by Crippen LogP contribution is 2.09. The molecule has 0 spiro atoms. The van der Waals surface area contributed by atoms with Crippen molar-refractivity contribution in [2.24, 2.45) is 17.6 Å². The van der Waals surface area contributed by atoms with Crippen LogP contribution in [0.2, 0.25) is 0 Å². The van der Waals surface area contributed by atoms with Gasteiger partial charge in [-0.15, -0.1) is 0 Å². The van der Waals surface area contributed by atoms with E-state index < -0.39 is 24.0 Å². The van der Waals surface area contributed by atoms with Crippen LogP contribution in [0.4, 0.5) is 4.79 Å². The quantitative estimate of drug-likeness (QED) is 0.188. The summed E-state index contributed by atoms with van der Waals surface area (Å²) in [6.45, 7) is 12.1. The molecule has 0 aliphatic carbocycles. The van der Waals surface area contributed by atoms with Crippen LogP contribution in [0.3, 0.4) is 0 Å². The van der Waals surface area contributed by atoms with Gasteiger partial charge in [-0.05, 0) is 44.4 Å². The van der Waals surface area contributed by atoms with Crippen LogP contribution in [0, 0.1) is 11.8 Å². The summed E-state index contributed by atoms with van der Waals surface area (Å²) in [6, 6.07) is -2.18. The SMILES string of the molecule is CC(=O)[C@H](CCCNC(N)=O)NC(=O)C(NC(=O)CCCCCN1C(=O)C=CC1=O)C(C)C.CC(C)C. The van der Waals surface area contributed by atoms with Crippen LogP contribution in [-0.4, -0.2) is 65.5 Å². The van der Waals surface area contributed by atoms with Crippen molar-refractivity contribution >= 4 is 35.4 Å². The second kappa shape index (κ2) is 18.1. The number of hydrogen-bond acceptors (Lipinski definition) is 6. The van der Waals surface area contributed by atoms with Crippen LogP contribution in [-0.2, 0) is 24.0 Å². The third kappa shape index (κ3) is 15.5. The highest BCUT2D eigenvalue weighted by Gasteiger charge is 2.27. The van der Waals surface area contributed by atoms with Crippen molar-refractivity contribution in [2.75, 3.05) is 13.1 Å². The minimum absolute atomic E-state index is 0.197. The van der Waals surface area contributed by atoms with Gasteiger partial charge in [0.2, 0.25) is 11.8 Å². The van der Waals surface area contributed by atoms with Gasteiger partial charge in [0.15, 0.2) is 5.78 Å². The van der Waals surface area contributed by atoms with Gasteiger partial charge in [-0.3, -0.25) is 28.9 Å². The topological polar surface area (TPSA) is 168 Å². The molecule has 0 fully saturated rings. The Bertz CT molecular complexity index is 804. The van der Waals surface area contributed by atoms with Crippen molar-refractivity contribution < 1.29 is 28.8 Å². The van der Waals surface area contributed by atoms with Gasteiger partial charge in [-0.25, -0.2) is 4.79 Å². The van der Waals surface area contributed by atoms with E-state index in [0.29, 0.717) is 38.6 Å². The highest BCUT2D eigenvalue weighted by atomic mass is 16.2. The first-order valence-corrected chi connectivity index (χ1v) is 12.9. The molecule has 0 aromatic heterocycles. The predicted octanol–water partition coefficient (Wildman–Crippen LogP) is 1.80. The molecule has 210 valence electrons. The lowest BCUT2D eigenvalue weighted by Crippen LogP contribution is -2.53. The lowest BCUT2D eigenvalue weighted by molar-refractivity contribution is -0.137. The van der Waals surface area contributed by atoms with Crippen molar-refractivity contribution in [2.45, 2.75) is 92.2 Å². The minimum Gasteiger partial charge on any atom is -0.352 e. The first-order chi connectivity index (χ1) is 17.3. The van der Waals surface area contributed by atoms with Gasteiger partial charge < -0.3 is 21.7 Å². The molecule has 11 nitrogen and oxygen atoms in total. The molecule has 6 amide bonds. The van der Waals surface area contributed by atoms with E-state index >= 15 is 0 Å². The molecular formula is C26H45N5O6. The number of carbonyl (C=O) groups is 6. The summed E-state index contributed by atoms with van der Waals surface area (Å²) < 4.78 is 0. The molecule has 37 heavy (non-hydrogen) atoms. The molecule has 1 unspecified atom stereocenters. The van der Waals surface area contributed by atoms with E-state index in [1.54, 1.807) is 13.8 Å². The van der Waals surface area contributed by atoms with Gasteiger partial charge >= 0.3 is 6.03 Å². The molecule has 0 bridgehead atoms. The number of nitrogens with two attached hydrogens (primary N) is 1. The molecule has 1 aliphatic heterocycles. The number of imide groups is 1. The summed E-state index contributed by atoms with van der Waals surface area (Å²) in [5, 5.41) is 7.84. The average molecular weight is 524 g/mol. The maximum absolute atomic E-state index is 12.7. The molecule has 1 aliphatic rings. The minimum atomic E-state index is -0.797. The average Bonchev–Trinajstić information content (AvgIpc) is 3.10. The van der Waals surface area contributed by atoms with Crippen LogP contribution in [0.5, 0.6) is 0 Å². The van der Waals surface area contributed by atoms with E-state index in [2.05, 4.69) is 36.7 Å². The van der Waals surface area contributed by atoms with Crippen molar-refractivity contribution in [1.82, 2.24) is 20.9 Å². The Labute approximate surface area is 220 Å². The van der Waals surface area contributed by atoms with Crippen LogP contribution >= 0.6 is 0 Å². The van der Waals surface area contributed by atoms with Crippen molar-refractivity contribution in [3.63, 3.8) is 0 Å². The predicted molar refractivity (Wildman–Crippen MR) is 141 cm³/mol. The maximum Gasteiger partial charge on any atom is 0.312 e. The standard InChI is InChI=1S/C22H35N5O6.C4H10/c1-14(2)20(21(32)25-16(15(3)28)8-7-12-24-22(23)33)26-17(29)9-5-4-6-13-27-18(30)10-11-19(27)31;1-4(2)3/h10-11,14,16,20H,4-9,12-13H2,1-3H3,(H,25,32)(H,26,29)(H3,23,24,33);4H,1-3H3/t16-,20?;/m0./s1. The normalized spacial score (nSPS) is 14.2. The molecule has 0 aromatic carbocycles. The summed E-state index contributed by atoms with van der Waals surface area (Å²) in [7, 11) is 0. The molecule has 0 saturated carbocycles. The van der Waals surface area contributed by atoms with Crippen molar-refractivity contribution in [3.05, 3.63) is 12.2 Å². The van der Waals surface area contributed by atoms with Crippen LogP contribution in [0.1, 0.15) is 80.1 Å². The Morgan fingerprint density at radius 1 is 0.892 bits per heavy atom. The third-order valence-electron chi connectivity index (χ3n) is 5.23. The van der Waals surface area contributed by atoms with E-state index in [9.17, 15) is 28.8 Å². The molecule has 11 heteroatoms. The molecule has 0 aromatic rings. The number of ketones is 1. The van der Waals surface area contributed by atoms with Gasteiger partial charge in [0.25, 0.3) is 11.8 Å². The fourth-order valence-electron chi connectivity index (χ4n) is 3.32. The Balaban J connectivity index is 0.00000300. The van der Waals surface area contributed by atoms with Crippen molar-refractivity contribution in [1.29, 1.82) is 0 Å². The Morgan fingerprint density at radius 3 is 1.95 bits per heavy atom. The van der Waals surface area contributed by atoms with Gasteiger partial charge in [-0.2, -0.15) is 0 Å². The number of primary amides is 1. The summed E-state index contributed by atoms with van der Waals surface area (Å²) in [6.07, 6.45) is 5.24. The molecular weight excluding hydrogens is 478 g/mol. The lowest BCUT2D eigenvalue weighted by Gasteiger charge is -2.24. The monoisotopic (exact) mass is 523 g/mol. The van der Waals surface area contributed by atoms with E-state index in [1.165, 1.54) is 19.1 Å². The summed E-state index contributed by atoms with van der Waals surface area (Å²) >= 11 is 0. The van der Waals surface area contributed by atoms with Crippen LogP contribution in [0.15, 0.2) is 12.2 Å². The highest BCUT2D eigenvalue weighted by molar-refractivity contribution is 6.12. The lowest BCUT2D eigenvalue weighted by atomic mass is 10.0.